The van der Waals surface area contributed by atoms with E-state index in [1.54, 1.807) is 0 Å². The number of carboxylic acid groups (broad SMARTS) is 1. The van der Waals surface area contributed by atoms with Crippen LogP contribution in [-0.4, -0.2) is 40.5 Å². The van der Waals surface area contributed by atoms with Gasteiger partial charge in [0.15, 0.2) is 0 Å². The van der Waals surface area contributed by atoms with Crippen molar-refractivity contribution < 1.29 is 36.2 Å². The topological polar surface area (TPSA) is 63.3 Å². The van der Waals surface area contributed by atoms with Crippen LogP contribution in [0.3, 0.4) is 0 Å². The molecule has 0 saturated heterocycles. The summed E-state index contributed by atoms with van der Waals surface area (Å²) in [5.41, 5.74) is 4.76. The van der Waals surface area contributed by atoms with Gasteiger partial charge in [0.2, 0.25) is 0 Å². The Morgan fingerprint density at radius 2 is 1.75 bits per heavy atom. The number of rotatable bonds is 6. The highest BCUT2D eigenvalue weighted by Gasteiger charge is 2.63. The Hall–Kier alpha value is -0.640. The first-order valence-corrected chi connectivity index (χ1v) is 4.67. The molecule has 16 heavy (non-hydrogen) atoms. The van der Waals surface area contributed by atoms with E-state index in [1.165, 1.54) is 0 Å². The lowest BCUT2D eigenvalue weighted by atomic mass is 10.4. The number of halogens is 6. The first-order chi connectivity index (χ1) is 7.02. The van der Waals surface area contributed by atoms with Crippen molar-refractivity contribution in [3.63, 3.8) is 0 Å². The van der Waals surface area contributed by atoms with Gasteiger partial charge in [-0.25, -0.2) is 8.78 Å². The van der Waals surface area contributed by atoms with Gasteiger partial charge < -0.3 is 10.8 Å². The Balaban J connectivity index is 4.52. The summed E-state index contributed by atoms with van der Waals surface area (Å²) in [7, 11) is 0. The van der Waals surface area contributed by atoms with Gasteiger partial charge in [-0.2, -0.15) is 17.6 Å². The van der Waals surface area contributed by atoms with Crippen molar-refractivity contribution in [1.29, 1.82) is 0 Å². The average molecular weight is 271 g/mol. The van der Waals surface area contributed by atoms with Crippen molar-refractivity contribution in [2.24, 2.45) is 5.73 Å². The lowest BCUT2D eigenvalue weighted by molar-refractivity contribution is -0.221. The number of carbonyl (C=O) groups is 1. The highest BCUT2D eigenvalue weighted by Crippen LogP contribution is 2.46. The van der Waals surface area contributed by atoms with Crippen LogP contribution in [0.4, 0.5) is 26.3 Å². The molecule has 0 radical (unpaired) electrons. The summed E-state index contributed by atoms with van der Waals surface area (Å²) in [6.45, 7) is 0. The summed E-state index contributed by atoms with van der Waals surface area (Å²) >= 11 is -0.919. The van der Waals surface area contributed by atoms with E-state index in [-0.39, 0.29) is 0 Å². The van der Waals surface area contributed by atoms with Gasteiger partial charge in [0, 0.05) is 5.75 Å². The minimum absolute atomic E-state index is 0.919. The minimum Gasteiger partial charge on any atom is -0.480 e. The van der Waals surface area contributed by atoms with Gasteiger partial charge in [-0.15, -0.1) is 0 Å². The second-order valence-electron chi connectivity index (χ2n) is 2.70. The predicted molar refractivity (Wildman–Crippen MR) is 44.0 cm³/mol. The van der Waals surface area contributed by atoms with Crippen molar-refractivity contribution in [3.05, 3.63) is 0 Å². The maximum absolute atomic E-state index is 12.6. The summed E-state index contributed by atoms with van der Waals surface area (Å²) in [6, 6.07) is -1.83. The van der Waals surface area contributed by atoms with Crippen LogP contribution in [0.1, 0.15) is 0 Å². The van der Waals surface area contributed by atoms with Gasteiger partial charge in [-0.3, -0.25) is 4.79 Å². The first-order valence-electron chi connectivity index (χ1n) is 3.68. The molecular weight excluding hydrogens is 264 g/mol. The van der Waals surface area contributed by atoms with E-state index in [2.05, 4.69) is 0 Å². The molecule has 10 heteroatoms. The molecule has 0 amide bonds. The van der Waals surface area contributed by atoms with E-state index >= 15 is 0 Å². The van der Waals surface area contributed by atoms with Crippen LogP contribution in [0.5, 0.6) is 0 Å². The molecule has 0 bridgehead atoms. The minimum atomic E-state index is -5.53. The molecule has 0 aliphatic heterocycles. The second-order valence-corrected chi connectivity index (χ2v) is 3.83. The number of hydrogen-bond acceptors (Lipinski definition) is 3. The second kappa shape index (κ2) is 5.13. The van der Waals surface area contributed by atoms with Gasteiger partial charge >= 0.3 is 23.6 Å². The summed E-state index contributed by atoms with van der Waals surface area (Å²) in [6.07, 6.45) is -4.55. The Morgan fingerprint density at radius 1 is 1.31 bits per heavy atom. The molecule has 0 unspecified atom stereocenters. The molecule has 0 fully saturated rings. The van der Waals surface area contributed by atoms with Gasteiger partial charge in [0.25, 0.3) is 0 Å². The zero-order valence-electron chi connectivity index (χ0n) is 7.47. The molecule has 3 N–H and O–H groups in total. The fraction of sp³-hybridized carbons (Fsp3) is 0.833. The maximum Gasteiger partial charge on any atom is 0.378 e. The van der Waals surface area contributed by atoms with E-state index in [1.807, 2.05) is 0 Å². The van der Waals surface area contributed by atoms with Crippen LogP contribution in [0.2, 0.25) is 0 Å². The number of aliphatic carboxylic acids is 1. The fourth-order valence-electron chi connectivity index (χ4n) is 0.489. The third kappa shape index (κ3) is 3.44. The van der Waals surface area contributed by atoms with Gasteiger partial charge in [-0.05, 0) is 0 Å². The van der Waals surface area contributed by atoms with Crippen LogP contribution in [-0.2, 0) is 4.79 Å². The van der Waals surface area contributed by atoms with Crippen LogP contribution in [0.15, 0.2) is 0 Å². The van der Waals surface area contributed by atoms with Crippen LogP contribution >= 0.6 is 11.8 Å². The zero-order valence-corrected chi connectivity index (χ0v) is 8.29. The maximum atomic E-state index is 12.6. The van der Waals surface area contributed by atoms with E-state index in [0.29, 0.717) is 0 Å². The number of thioether (sulfide) groups is 1. The highest BCUT2D eigenvalue weighted by molar-refractivity contribution is 8.00. The monoisotopic (exact) mass is 271 g/mol. The van der Waals surface area contributed by atoms with Crippen molar-refractivity contribution in [2.45, 2.75) is 23.6 Å². The number of carboxylic acids is 1. The molecule has 0 aromatic heterocycles. The lowest BCUT2D eigenvalue weighted by Gasteiger charge is -2.25. The molecule has 96 valence electrons. The van der Waals surface area contributed by atoms with E-state index in [0.717, 1.165) is 0 Å². The largest absolute Gasteiger partial charge is 0.480 e. The SMILES string of the molecule is N[C@@H](CSC(F)(F)C(F)(F)C(F)F)C(=O)O. The molecule has 3 nitrogen and oxygen atoms in total. The van der Waals surface area contributed by atoms with Crippen LogP contribution in [0, 0.1) is 0 Å². The Kier molecular flexibility index (Phi) is 4.92. The Labute approximate surface area is 90.0 Å². The normalized spacial score (nSPS) is 15.2. The summed E-state index contributed by atoms with van der Waals surface area (Å²) < 4.78 is 72.9. The Morgan fingerprint density at radius 3 is 2.06 bits per heavy atom. The van der Waals surface area contributed by atoms with Crippen LogP contribution in [0.25, 0.3) is 0 Å². The van der Waals surface area contributed by atoms with Crippen molar-refractivity contribution in [2.75, 3.05) is 5.75 Å². The zero-order chi connectivity index (χ0) is 13.1. The lowest BCUT2D eigenvalue weighted by Crippen LogP contribution is -2.45. The molecular formula is C6H7F6NO2S. The molecule has 0 aliphatic rings. The standard InChI is InChI=1S/C6H7F6NO2S/c7-4(8)5(9,10)6(11,12)16-1-2(13)3(14)15/h2,4H,1,13H2,(H,14,15)/t2-/m0/s1. The van der Waals surface area contributed by atoms with Gasteiger partial charge in [0.05, 0.1) is 0 Å². The predicted octanol–water partition coefficient (Wildman–Crippen LogP) is 1.62. The smallest absolute Gasteiger partial charge is 0.378 e. The molecule has 0 aromatic rings. The molecule has 0 spiro atoms. The molecule has 0 aromatic carbocycles. The number of alkyl halides is 6. The summed E-state index contributed by atoms with van der Waals surface area (Å²) in [5, 5.41) is 3.10. The van der Waals surface area contributed by atoms with Crippen molar-refractivity contribution in [1.82, 2.24) is 0 Å². The van der Waals surface area contributed by atoms with E-state index in [9.17, 15) is 31.1 Å². The molecule has 0 rings (SSSR count). The fourth-order valence-corrected chi connectivity index (χ4v) is 1.30. The number of hydrogen-bond donors (Lipinski definition) is 2. The highest BCUT2D eigenvalue weighted by atomic mass is 32.2. The number of nitrogens with two attached hydrogens (primary N) is 1. The first kappa shape index (κ1) is 15.4. The van der Waals surface area contributed by atoms with Gasteiger partial charge in [0.1, 0.15) is 6.04 Å². The van der Waals surface area contributed by atoms with E-state index < -0.39 is 47.1 Å². The van der Waals surface area contributed by atoms with Crippen LogP contribution < -0.4 is 5.73 Å². The quantitative estimate of drug-likeness (QED) is 0.721. The van der Waals surface area contributed by atoms with E-state index in [4.69, 9.17) is 10.8 Å². The van der Waals surface area contributed by atoms with Gasteiger partial charge in [-0.1, -0.05) is 11.8 Å². The summed E-state index contributed by atoms with van der Waals surface area (Å²) in [5.74, 6) is -8.33. The van der Waals surface area contributed by atoms with Crippen molar-refractivity contribution in [3.8, 4) is 0 Å². The molecule has 0 aliphatic carbocycles. The summed E-state index contributed by atoms with van der Waals surface area (Å²) in [4.78, 5) is 10.1. The van der Waals surface area contributed by atoms with Crippen molar-refractivity contribution >= 4 is 17.7 Å². The molecule has 0 saturated carbocycles. The third-order valence-electron chi connectivity index (χ3n) is 1.42. The molecule has 1 atom stereocenters. The average Bonchev–Trinajstić information content (AvgIpc) is 2.13. The molecule has 0 heterocycles. The Bertz CT molecular complexity index is 261. The third-order valence-corrected chi connectivity index (χ3v) is 2.58.